The molecule has 2 N–H and O–H groups in total. The molecule has 2 aromatic rings. The van der Waals surface area contributed by atoms with Crippen LogP contribution in [0, 0.1) is 0 Å². The molecule has 5 heteroatoms. The van der Waals surface area contributed by atoms with Gasteiger partial charge in [-0.3, -0.25) is 9.69 Å². The van der Waals surface area contributed by atoms with E-state index in [0.29, 0.717) is 19.1 Å². The van der Waals surface area contributed by atoms with Gasteiger partial charge in [0.05, 0.1) is 19.2 Å². The van der Waals surface area contributed by atoms with E-state index in [4.69, 9.17) is 10.5 Å². The number of hydrogen-bond donors (Lipinski definition) is 1. The highest BCUT2D eigenvalue weighted by molar-refractivity contribution is 5.79. The van der Waals surface area contributed by atoms with Crippen molar-refractivity contribution in [3.63, 3.8) is 0 Å². The Morgan fingerprint density at radius 2 is 1.83 bits per heavy atom. The molecule has 154 valence electrons. The molecule has 2 aromatic carbocycles. The van der Waals surface area contributed by atoms with Crippen molar-refractivity contribution in [1.82, 2.24) is 9.80 Å². The van der Waals surface area contributed by atoms with Gasteiger partial charge in [-0.15, -0.1) is 0 Å². The Balaban J connectivity index is 1.39. The van der Waals surface area contributed by atoms with E-state index in [2.05, 4.69) is 46.2 Å². The molecule has 0 aliphatic carbocycles. The van der Waals surface area contributed by atoms with Gasteiger partial charge in [-0.1, -0.05) is 42.5 Å². The number of likely N-dealkylation sites (tertiary alicyclic amines) is 2. The number of rotatable bonds is 6. The van der Waals surface area contributed by atoms with Crippen molar-refractivity contribution in [2.45, 2.75) is 37.8 Å². The van der Waals surface area contributed by atoms with Crippen LogP contribution in [-0.4, -0.2) is 54.5 Å². The van der Waals surface area contributed by atoms with Gasteiger partial charge < -0.3 is 15.4 Å². The Kier molecular flexibility index (Phi) is 6.16. The van der Waals surface area contributed by atoms with Gasteiger partial charge in [0.2, 0.25) is 5.91 Å². The molecule has 4 rings (SSSR count). The van der Waals surface area contributed by atoms with Crippen molar-refractivity contribution < 1.29 is 9.53 Å². The molecule has 5 nitrogen and oxygen atoms in total. The summed E-state index contributed by atoms with van der Waals surface area (Å²) in [7, 11) is 0. The largest absolute Gasteiger partial charge is 0.494 e. The molecule has 0 aromatic heterocycles. The van der Waals surface area contributed by atoms with Crippen LogP contribution in [0.5, 0.6) is 5.75 Å². The minimum Gasteiger partial charge on any atom is -0.494 e. The molecule has 2 fully saturated rings. The average Bonchev–Trinajstić information content (AvgIpc) is 3.36. The number of benzene rings is 2. The zero-order chi connectivity index (χ0) is 20.2. The van der Waals surface area contributed by atoms with Gasteiger partial charge in [-0.2, -0.15) is 0 Å². The second-order valence-electron chi connectivity index (χ2n) is 8.12. The first kappa shape index (κ1) is 19.9. The molecule has 1 amide bonds. The number of amides is 1. The third-order valence-electron chi connectivity index (χ3n) is 6.18. The third-order valence-corrected chi connectivity index (χ3v) is 6.18. The average molecular weight is 394 g/mol. The quantitative estimate of drug-likeness (QED) is 0.819. The van der Waals surface area contributed by atoms with Crippen molar-refractivity contribution in [3.05, 3.63) is 65.7 Å². The number of nitrogens with two attached hydrogens (primary N) is 1. The highest BCUT2D eigenvalue weighted by Crippen LogP contribution is 2.33. The standard InChI is InChI=1S/C24H31N3O2/c1-2-29-20-12-10-19(11-13-20)23-9-6-14-27(23)24(28)17-26-15-21(22(25)16-26)18-7-4-3-5-8-18/h3-5,7-8,10-13,21-23H,2,6,9,14-17,25H2,1H3/t21-,22+,23?/m0/s1. The van der Waals surface area contributed by atoms with Crippen LogP contribution in [0.25, 0.3) is 0 Å². The minimum absolute atomic E-state index is 0.0747. The van der Waals surface area contributed by atoms with Gasteiger partial charge in [0.1, 0.15) is 5.75 Å². The van der Waals surface area contributed by atoms with Crippen molar-refractivity contribution in [1.29, 1.82) is 0 Å². The number of carbonyl (C=O) groups is 1. The number of carbonyl (C=O) groups excluding carboxylic acids is 1. The Labute approximate surface area is 173 Å². The second-order valence-corrected chi connectivity index (χ2v) is 8.12. The van der Waals surface area contributed by atoms with E-state index in [1.807, 2.05) is 25.1 Å². The molecule has 2 saturated heterocycles. The Morgan fingerprint density at radius 1 is 1.07 bits per heavy atom. The third kappa shape index (κ3) is 4.46. The van der Waals surface area contributed by atoms with Gasteiger partial charge in [-0.05, 0) is 43.0 Å². The molecule has 1 unspecified atom stereocenters. The van der Waals surface area contributed by atoms with E-state index in [-0.39, 0.29) is 18.0 Å². The summed E-state index contributed by atoms with van der Waals surface area (Å²) in [6.07, 6.45) is 2.07. The summed E-state index contributed by atoms with van der Waals surface area (Å²) in [6, 6.07) is 18.9. The van der Waals surface area contributed by atoms with Crippen molar-refractivity contribution in [2.75, 3.05) is 32.8 Å². The van der Waals surface area contributed by atoms with Gasteiger partial charge in [-0.25, -0.2) is 0 Å². The number of nitrogens with zero attached hydrogens (tertiary/aromatic N) is 2. The molecule has 2 heterocycles. The Hall–Kier alpha value is -2.37. The lowest BCUT2D eigenvalue weighted by atomic mass is 9.95. The first-order chi connectivity index (χ1) is 14.2. The summed E-state index contributed by atoms with van der Waals surface area (Å²) in [6.45, 7) is 5.54. The molecule has 2 aliphatic rings. The molecular weight excluding hydrogens is 362 g/mol. The second kappa shape index (κ2) is 8.97. The van der Waals surface area contributed by atoms with Crippen LogP contribution in [0.4, 0.5) is 0 Å². The van der Waals surface area contributed by atoms with Crippen LogP contribution in [0.1, 0.15) is 42.9 Å². The van der Waals surface area contributed by atoms with E-state index in [0.717, 1.165) is 38.2 Å². The van der Waals surface area contributed by atoms with E-state index < -0.39 is 0 Å². The topological polar surface area (TPSA) is 58.8 Å². The minimum atomic E-state index is 0.0747. The number of hydrogen-bond acceptors (Lipinski definition) is 4. The fourth-order valence-electron chi connectivity index (χ4n) is 4.74. The Bertz CT molecular complexity index is 809. The zero-order valence-corrected chi connectivity index (χ0v) is 17.2. The lowest BCUT2D eigenvalue weighted by Crippen LogP contribution is -2.40. The number of ether oxygens (including phenoxy) is 1. The predicted octanol–water partition coefficient (Wildman–Crippen LogP) is 3.18. The van der Waals surface area contributed by atoms with Crippen LogP contribution < -0.4 is 10.5 Å². The summed E-state index contributed by atoms with van der Waals surface area (Å²) in [4.78, 5) is 17.4. The van der Waals surface area contributed by atoms with Gasteiger partial charge in [0, 0.05) is 31.6 Å². The first-order valence-corrected chi connectivity index (χ1v) is 10.7. The summed E-state index contributed by atoms with van der Waals surface area (Å²) in [5.74, 6) is 1.39. The molecule has 29 heavy (non-hydrogen) atoms. The molecule has 0 bridgehead atoms. The SMILES string of the molecule is CCOc1ccc(C2CCCN2C(=O)CN2C[C@@H](N)[C@H](c3ccccc3)C2)cc1. The maximum atomic E-state index is 13.1. The predicted molar refractivity (Wildman–Crippen MR) is 115 cm³/mol. The maximum absolute atomic E-state index is 13.1. The fourth-order valence-corrected chi connectivity index (χ4v) is 4.74. The van der Waals surface area contributed by atoms with Crippen LogP contribution >= 0.6 is 0 Å². The first-order valence-electron chi connectivity index (χ1n) is 10.7. The van der Waals surface area contributed by atoms with Crippen LogP contribution in [0.3, 0.4) is 0 Å². The van der Waals surface area contributed by atoms with E-state index >= 15 is 0 Å². The van der Waals surface area contributed by atoms with Crippen molar-refractivity contribution >= 4 is 5.91 Å². The molecule has 0 spiro atoms. The highest BCUT2D eigenvalue weighted by atomic mass is 16.5. The zero-order valence-electron chi connectivity index (χ0n) is 17.2. The monoisotopic (exact) mass is 393 g/mol. The van der Waals surface area contributed by atoms with Crippen LogP contribution in [-0.2, 0) is 4.79 Å². The van der Waals surface area contributed by atoms with Crippen molar-refractivity contribution in [3.8, 4) is 5.75 Å². The van der Waals surface area contributed by atoms with E-state index in [1.165, 1.54) is 11.1 Å². The van der Waals surface area contributed by atoms with Gasteiger partial charge in [0.15, 0.2) is 0 Å². The lowest BCUT2D eigenvalue weighted by Gasteiger charge is -2.27. The molecule has 0 saturated carbocycles. The lowest BCUT2D eigenvalue weighted by molar-refractivity contribution is -0.133. The molecule has 2 aliphatic heterocycles. The highest BCUT2D eigenvalue weighted by Gasteiger charge is 2.35. The summed E-state index contributed by atoms with van der Waals surface area (Å²) >= 11 is 0. The van der Waals surface area contributed by atoms with E-state index in [9.17, 15) is 4.79 Å². The molecule has 3 atom stereocenters. The smallest absolute Gasteiger partial charge is 0.237 e. The fraction of sp³-hybridized carbons (Fsp3) is 0.458. The molecule has 0 radical (unpaired) electrons. The van der Waals surface area contributed by atoms with Crippen LogP contribution in [0.15, 0.2) is 54.6 Å². The Morgan fingerprint density at radius 3 is 2.55 bits per heavy atom. The summed E-state index contributed by atoms with van der Waals surface area (Å²) < 4.78 is 5.54. The van der Waals surface area contributed by atoms with Crippen molar-refractivity contribution in [2.24, 2.45) is 5.73 Å². The van der Waals surface area contributed by atoms with E-state index in [1.54, 1.807) is 0 Å². The maximum Gasteiger partial charge on any atom is 0.237 e. The molecular formula is C24H31N3O2. The van der Waals surface area contributed by atoms with Gasteiger partial charge in [0.25, 0.3) is 0 Å². The summed E-state index contributed by atoms with van der Waals surface area (Å²) in [5.41, 5.74) is 8.87. The van der Waals surface area contributed by atoms with Gasteiger partial charge >= 0.3 is 0 Å². The van der Waals surface area contributed by atoms with Crippen LogP contribution in [0.2, 0.25) is 0 Å². The normalized spacial score (nSPS) is 24.8. The summed E-state index contributed by atoms with van der Waals surface area (Å²) in [5, 5.41) is 0.